The van der Waals surface area contributed by atoms with Crippen LogP contribution in [0.1, 0.15) is 36.3 Å². The number of hydrogen-bond donors (Lipinski definition) is 1. The lowest BCUT2D eigenvalue weighted by Crippen LogP contribution is -2.70. The number of fused-ring (bicyclic) bond motifs is 1. The molecule has 3 aliphatic rings. The van der Waals surface area contributed by atoms with Gasteiger partial charge in [0.05, 0.1) is 29.4 Å². The number of carbonyl (C=O) groups is 1. The minimum Gasteiger partial charge on any atom is -0.376 e. The second-order valence-corrected chi connectivity index (χ2v) is 7.92. The summed E-state index contributed by atoms with van der Waals surface area (Å²) in [5.41, 5.74) is 2.92. The van der Waals surface area contributed by atoms with Crippen LogP contribution in [0.5, 0.6) is 0 Å². The van der Waals surface area contributed by atoms with Gasteiger partial charge in [-0.15, -0.1) is 11.3 Å². The van der Waals surface area contributed by atoms with Crippen molar-refractivity contribution in [2.75, 3.05) is 19.7 Å². The fourth-order valence-electron chi connectivity index (χ4n) is 4.39. The van der Waals surface area contributed by atoms with E-state index in [0.717, 1.165) is 38.2 Å². The summed E-state index contributed by atoms with van der Waals surface area (Å²) in [5, 5.41) is 3.32. The molecule has 1 aromatic rings. The fraction of sp³-hybridized carbons (Fsp3) is 0.765. The van der Waals surface area contributed by atoms with E-state index < -0.39 is 0 Å². The molecular weight excluding hydrogens is 310 g/mol. The van der Waals surface area contributed by atoms with Gasteiger partial charge in [0.25, 0.3) is 0 Å². The Morgan fingerprint density at radius 3 is 3.04 bits per heavy atom. The lowest BCUT2D eigenvalue weighted by Gasteiger charge is -2.51. The molecule has 3 heterocycles. The van der Waals surface area contributed by atoms with E-state index in [1.807, 2.05) is 12.4 Å². The van der Waals surface area contributed by atoms with Crippen molar-refractivity contribution in [3.63, 3.8) is 0 Å². The number of nitrogens with zero attached hydrogens (tertiary/aromatic N) is 2. The quantitative estimate of drug-likeness (QED) is 0.891. The van der Waals surface area contributed by atoms with Gasteiger partial charge in [0.1, 0.15) is 0 Å². The second kappa shape index (κ2) is 6.49. The molecule has 2 saturated heterocycles. The van der Waals surface area contributed by atoms with Crippen molar-refractivity contribution >= 4 is 17.2 Å². The summed E-state index contributed by atoms with van der Waals surface area (Å²) in [6.45, 7) is 5.18. The van der Waals surface area contributed by atoms with Gasteiger partial charge in [0, 0.05) is 23.8 Å². The van der Waals surface area contributed by atoms with Crippen LogP contribution in [-0.4, -0.2) is 53.7 Å². The smallest absolute Gasteiger partial charge is 0.220 e. The first-order valence-electron chi connectivity index (χ1n) is 8.78. The van der Waals surface area contributed by atoms with Crippen LogP contribution in [0.3, 0.4) is 0 Å². The molecule has 23 heavy (non-hydrogen) atoms. The summed E-state index contributed by atoms with van der Waals surface area (Å²) in [6, 6.07) is 0.690. The van der Waals surface area contributed by atoms with Crippen LogP contribution in [0.4, 0.5) is 0 Å². The zero-order valence-electron chi connectivity index (χ0n) is 13.7. The zero-order chi connectivity index (χ0) is 15.8. The Morgan fingerprint density at radius 2 is 2.30 bits per heavy atom. The summed E-state index contributed by atoms with van der Waals surface area (Å²) in [5.74, 6) is 0.701. The molecule has 4 atom stereocenters. The molecule has 0 bridgehead atoms. The highest BCUT2D eigenvalue weighted by Gasteiger charge is 2.56. The Morgan fingerprint density at radius 1 is 1.48 bits per heavy atom. The number of rotatable bonds is 5. The van der Waals surface area contributed by atoms with Crippen molar-refractivity contribution < 1.29 is 9.53 Å². The maximum absolute atomic E-state index is 12.4. The SMILES string of the molecule is Cc1ncsc1CCC(=O)N[C@H]1[C@H]2CCO[C@H]2[C@@H]1N1CCCC1. The van der Waals surface area contributed by atoms with Crippen LogP contribution < -0.4 is 5.32 Å². The molecule has 126 valence electrons. The number of hydrogen-bond acceptors (Lipinski definition) is 5. The Hall–Kier alpha value is -0.980. The van der Waals surface area contributed by atoms with E-state index in [9.17, 15) is 4.79 Å². The van der Waals surface area contributed by atoms with Gasteiger partial charge in [-0.25, -0.2) is 4.98 Å². The third-order valence-electron chi connectivity index (χ3n) is 5.66. The van der Waals surface area contributed by atoms with Gasteiger partial charge in [-0.3, -0.25) is 9.69 Å². The van der Waals surface area contributed by atoms with Crippen LogP contribution in [0.15, 0.2) is 5.51 Å². The normalized spacial score (nSPS) is 33.4. The van der Waals surface area contributed by atoms with Crippen LogP contribution in [-0.2, 0) is 16.0 Å². The number of nitrogens with one attached hydrogen (secondary N) is 1. The van der Waals surface area contributed by atoms with Gasteiger partial charge in [-0.1, -0.05) is 0 Å². The number of aryl methyl sites for hydroxylation is 2. The van der Waals surface area contributed by atoms with Crippen molar-refractivity contribution in [1.29, 1.82) is 0 Å². The highest BCUT2D eigenvalue weighted by Crippen LogP contribution is 2.42. The molecule has 0 spiro atoms. The Labute approximate surface area is 141 Å². The molecule has 1 aromatic heterocycles. The number of aromatic nitrogens is 1. The van der Waals surface area contributed by atoms with Gasteiger partial charge in [0.2, 0.25) is 5.91 Å². The molecule has 2 aliphatic heterocycles. The fourth-order valence-corrected chi connectivity index (χ4v) is 5.18. The van der Waals surface area contributed by atoms with E-state index in [0.29, 0.717) is 24.5 Å². The molecule has 1 N–H and O–H groups in total. The third kappa shape index (κ3) is 2.92. The van der Waals surface area contributed by atoms with Crippen LogP contribution in [0.25, 0.3) is 0 Å². The molecule has 4 rings (SSSR count). The van der Waals surface area contributed by atoms with E-state index in [2.05, 4.69) is 15.2 Å². The minimum atomic E-state index is 0.178. The predicted molar refractivity (Wildman–Crippen MR) is 89.5 cm³/mol. The topological polar surface area (TPSA) is 54.5 Å². The molecule has 1 amide bonds. The van der Waals surface area contributed by atoms with Gasteiger partial charge in [-0.05, 0) is 45.7 Å². The van der Waals surface area contributed by atoms with Gasteiger partial charge in [-0.2, -0.15) is 0 Å². The average molecular weight is 335 g/mol. The number of amides is 1. The highest BCUT2D eigenvalue weighted by atomic mass is 32.1. The lowest BCUT2D eigenvalue weighted by atomic mass is 9.70. The number of likely N-dealkylation sites (tertiary alicyclic amines) is 1. The van der Waals surface area contributed by atoms with Crippen molar-refractivity contribution in [1.82, 2.24) is 15.2 Å². The maximum Gasteiger partial charge on any atom is 0.220 e. The summed E-state index contributed by atoms with van der Waals surface area (Å²) < 4.78 is 5.92. The largest absolute Gasteiger partial charge is 0.376 e. The van der Waals surface area contributed by atoms with Crippen molar-refractivity contribution in [2.24, 2.45) is 5.92 Å². The average Bonchev–Trinajstić information content (AvgIpc) is 3.25. The van der Waals surface area contributed by atoms with Crippen molar-refractivity contribution in [3.05, 3.63) is 16.1 Å². The highest BCUT2D eigenvalue weighted by molar-refractivity contribution is 7.09. The monoisotopic (exact) mass is 335 g/mol. The number of thiazole rings is 1. The standard InChI is InChI=1S/C17H25N3O2S/c1-11-13(23-10-18-11)4-5-14(21)19-15-12-6-9-22-17(12)16(15)20-7-2-3-8-20/h10,12,15-17H,2-9H2,1H3,(H,19,21)/t12-,15+,16-,17-/m1/s1. The van der Waals surface area contributed by atoms with Crippen molar-refractivity contribution in [2.45, 2.75) is 57.2 Å². The summed E-state index contributed by atoms with van der Waals surface area (Å²) in [6.07, 6.45) is 5.35. The van der Waals surface area contributed by atoms with Gasteiger partial charge in [0.15, 0.2) is 0 Å². The Kier molecular flexibility index (Phi) is 4.39. The van der Waals surface area contributed by atoms with E-state index in [4.69, 9.17) is 4.74 Å². The van der Waals surface area contributed by atoms with E-state index in [1.54, 1.807) is 11.3 Å². The van der Waals surface area contributed by atoms with Crippen LogP contribution in [0, 0.1) is 12.8 Å². The predicted octanol–water partition coefficient (Wildman–Crippen LogP) is 1.75. The van der Waals surface area contributed by atoms with E-state index in [-0.39, 0.29) is 11.9 Å². The van der Waals surface area contributed by atoms with Gasteiger partial charge < -0.3 is 10.1 Å². The Balaban J connectivity index is 1.34. The van der Waals surface area contributed by atoms with Gasteiger partial charge >= 0.3 is 0 Å². The first-order valence-corrected chi connectivity index (χ1v) is 9.66. The maximum atomic E-state index is 12.4. The molecule has 1 saturated carbocycles. The molecule has 0 aromatic carbocycles. The van der Waals surface area contributed by atoms with E-state index in [1.165, 1.54) is 17.7 Å². The Bertz CT molecular complexity index is 565. The molecule has 0 radical (unpaired) electrons. The first kappa shape index (κ1) is 15.5. The lowest BCUT2D eigenvalue weighted by molar-refractivity contribution is -0.128. The number of ether oxygens (including phenoxy) is 1. The molecule has 5 nitrogen and oxygen atoms in total. The molecule has 0 unspecified atom stereocenters. The zero-order valence-corrected chi connectivity index (χ0v) is 14.5. The van der Waals surface area contributed by atoms with Crippen molar-refractivity contribution in [3.8, 4) is 0 Å². The molecular formula is C17H25N3O2S. The summed E-state index contributed by atoms with van der Waals surface area (Å²) >= 11 is 1.65. The van der Waals surface area contributed by atoms with Crippen LogP contribution in [0.2, 0.25) is 0 Å². The number of carbonyl (C=O) groups excluding carboxylic acids is 1. The summed E-state index contributed by atoms with van der Waals surface area (Å²) in [7, 11) is 0. The summed E-state index contributed by atoms with van der Waals surface area (Å²) in [4.78, 5) is 20.4. The second-order valence-electron chi connectivity index (χ2n) is 6.98. The molecule has 3 fully saturated rings. The van der Waals surface area contributed by atoms with Crippen LogP contribution >= 0.6 is 11.3 Å². The molecule has 1 aliphatic carbocycles. The van der Waals surface area contributed by atoms with E-state index >= 15 is 0 Å². The first-order chi connectivity index (χ1) is 11.2. The molecule has 6 heteroatoms. The third-order valence-corrected chi connectivity index (χ3v) is 6.66. The minimum absolute atomic E-state index is 0.178.